The topological polar surface area (TPSA) is 87.6 Å². The van der Waals surface area contributed by atoms with Crippen molar-refractivity contribution in [2.45, 2.75) is 24.2 Å². The number of nitrogens with zero attached hydrogens (tertiary/aromatic N) is 2. The fraction of sp³-hybridized carbons (Fsp3) is 0.294. The molecule has 1 saturated heterocycles. The summed E-state index contributed by atoms with van der Waals surface area (Å²) >= 11 is 0. The molecule has 0 aliphatic carbocycles. The zero-order chi connectivity index (χ0) is 17.2. The minimum atomic E-state index is -3.49. The second kappa shape index (κ2) is 6.70. The summed E-state index contributed by atoms with van der Waals surface area (Å²) in [4.78, 5) is 15.6. The van der Waals surface area contributed by atoms with Crippen LogP contribution in [0, 0.1) is 0 Å². The summed E-state index contributed by atoms with van der Waals surface area (Å²) in [6.45, 7) is 1.10. The zero-order valence-electron chi connectivity index (χ0n) is 13.1. The molecular weight excluding hydrogens is 328 g/mol. The number of hydrogen-bond acceptors (Lipinski definition) is 4. The van der Waals surface area contributed by atoms with Gasteiger partial charge >= 0.3 is 5.97 Å². The van der Waals surface area contributed by atoms with E-state index in [1.165, 1.54) is 28.7 Å². The summed E-state index contributed by atoms with van der Waals surface area (Å²) in [6.07, 6.45) is 4.34. The molecule has 0 saturated carbocycles. The van der Waals surface area contributed by atoms with E-state index in [0.717, 1.165) is 19.3 Å². The highest BCUT2D eigenvalue weighted by atomic mass is 32.2. The van der Waals surface area contributed by atoms with Gasteiger partial charge in [-0.05, 0) is 37.1 Å². The molecule has 0 bridgehead atoms. The molecule has 1 N–H and O–H groups in total. The number of sulfonamides is 1. The van der Waals surface area contributed by atoms with Gasteiger partial charge in [-0.1, -0.05) is 18.6 Å². The average Bonchev–Trinajstić information content (AvgIpc) is 2.62. The SMILES string of the molecule is O=C(O)c1cccnc1-c1ccc(S(=O)(=O)N2CCCCC2)cc1. The van der Waals surface area contributed by atoms with E-state index in [1.807, 2.05) is 0 Å². The summed E-state index contributed by atoms with van der Waals surface area (Å²) in [6, 6.07) is 9.27. The Bertz CT molecular complexity index is 841. The van der Waals surface area contributed by atoms with Crippen molar-refractivity contribution in [3.63, 3.8) is 0 Å². The van der Waals surface area contributed by atoms with Crippen LogP contribution in [0.3, 0.4) is 0 Å². The summed E-state index contributed by atoms with van der Waals surface area (Å²) in [5.41, 5.74) is 0.988. The van der Waals surface area contributed by atoms with E-state index in [2.05, 4.69) is 4.98 Å². The third kappa shape index (κ3) is 3.18. The van der Waals surface area contributed by atoms with Crippen molar-refractivity contribution in [3.05, 3.63) is 48.2 Å². The van der Waals surface area contributed by atoms with E-state index < -0.39 is 16.0 Å². The Morgan fingerprint density at radius 3 is 2.33 bits per heavy atom. The highest BCUT2D eigenvalue weighted by Crippen LogP contribution is 2.25. The molecule has 1 aliphatic rings. The Morgan fingerprint density at radius 2 is 1.71 bits per heavy atom. The molecule has 6 nitrogen and oxygen atoms in total. The predicted octanol–water partition coefficient (Wildman–Crippen LogP) is 2.62. The number of aromatic carboxylic acids is 1. The fourth-order valence-electron chi connectivity index (χ4n) is 2.85. The molecule has 0 unspecified atom stereocenters. The van der Waals surface area contributed by atoms with Crippen LogP contribution in [0.5, 0.6) is 0 Å². The summed E-state index contributed by atoms with van der Waals surface area (Å²) < 4.78 is 26.8. The van der Waals surface area contributed by atoms with Gasteiger partial charge < -0.3 is 5.11 Å². The number of carboxylic acids is 1. The number of hydrogen-bond donors (Lipinski definition) is 1. The third-order valence-electron chi connectivity index (χ3n) is 4.12. The maximum atomic E-state index is 12.6. The molecule has 0 radical (unpaired) electrons. The van der Waals surface area contributed by atoms with Gasteiger partial charge in [0.05, 0.1) is 16.2 Å². The van der Waals surface area contributed by atoms with Crippen LogP contribution < -0.4 is 0 Å². The van der Waals surface area contributed by atoms with E-state index >= 15 is 0 Å². The van der Waals surface area contributed by atoms with Crippen LogP contribution in [0.2, 0.25) is 0 Å². The number of aromatic nitrogens is 1. The van der Waals surface area contributed by atoms with Gasteiger partial charge in [0.15, 0.2) is 0 Å². The molecule has 2 heterocycles. The van der Waals surface area contributed by atoms with Crippen molar-refractivity contribution >= 4 is 16.0 Å². The summed E-state index contributed by atoms with van der Waals surface area (Å²) in [5.74, 6) is -1.07. The van der Waals surface area contributed by atoms with Crippen molar-refractivity contribution < 1.29 is 18.3 Å². The molecule has 24 heavy (non-hydrogen) atoms. The Labute approximate surface area is 140 Å². The van der Waals surface area contributed by atoms with Crippen LogP contribution >= 0.6 is 0 Å². The van der Waals surface area contributed by atoms with Gasteiger partial charge in [-0.25, -0.2) is 13.2 Å². The summed E-state index contributed by atoms with van der Waals surface area (Å²) in [7, 11) is -3.49. The molecule has 7 heteroatoms. The molecule has 0 atom stereocenters. The van der Waals surface area contributed by atoms with Crippen molar-refractivity contribution in [1.29, 1.82) is 0 Å². The van der Waals surface area contributed by atoms with Crippen LogP contribution in [0.1, 0.15) is 29.6 Å². The van der Waals surface area contributed by atoms with Crippen molar-refractivity contribution in [2.24, 2.45) is 0 Å². The molecule has 0 amide bonds. The first-order chi connectivity index (χ1) is 11.5. The van der Waals surface area contributed by atoms with Crippen LogP contribution in [0.25, 0.3) is 11.3 Å². The quantitative estimate of drug-likeness (QED) is 0.919. The molecule has 126 valence electrons. The number of pyridine rings is 1. The van der Waals surface area contributed by atoms with Gasteiger partial charge in [0, 0.05) is 24.8 Å². The van der Waals surface area contributed by atoms with Gasteiger partial charge in [0.2, 0.25) is 10.0 Å². The van der Waals surface area contributed by atoms with Gasteiger partial charge in [-0.2, -0.15) is 4.31 Å². The lowest BCUT2D eigenvalue weighted by molar-refractivity contribution is 0.0697. The lowest BCUT2D eigenvalue weighted by Crippen LogP contribution is -2.35. The molecule has 0 spiro atoms. The van der Waals surface area contributed by atoms with E-state index in [-0.39, 0.29) is 10.5 Å². The predicted molar refractivity (Wildman–Crippen MR) is 89.2 cm³/mol. The Kier molecular flexibility index (Phi) is 4.64. The van der Waals surface area contributed by atoms with Crippen molar-refractivity contribution in [2.75, 3.05) is 13.1 Å². The molecule has 1 aromatic carbocycles. The zero-order valence-corrected chi connectivity index (χ0v) is 13.9. The van der Waals surface area contributed by atoms with Gasteiger partial charge in [0.25, 0.3) is 0 Å². The van der Waals surface area contributed by atoms with Crippen LogP contribution in [-0.2, 0) is 10.0 Å². The first-order valence-electron chi connectivity index (χ1n) is 7.79. The second-order valence-corrected chi connectivity index (χ2v) is 7.63. The van der Waals surface area contributed by atoms with Gasteiger partial charge in [-0.15, -0.1) is 0 Å². The number of carbonyl (C=O) groups is 1. The number of piperidine rings is 1. The van der Waals surface area contributed by atoms with Crippen LogP contribution in [0.15, 0.2) is 47.5 Å². The number of rotatable bonds is 4. The highest BCUT2D eigenvalue weighted by Gasteiger charge is 2.26. The van der Waals surface area contributed by atoms with Crippen molar-refractivity contribution in [3.8, 4) is 11.3 Å². The molecule has 1 aromatic heterocycles. The highest BCUT2D eigenvalue weighted by molar-refractivity contribution is 7.89. The third-order valence-corrected chi connectivity index (χ3v) is 6.03. The van der Waals surface area contributed by atoms with E-state index in [0.29, 0.717) is 24.3 Å². The smallest absolute Gasteiger partial charge is 0.337 e. The first-order valence-corrected chi connectivity index (χ1v) is 9.23. The Balaban J connectivity index is 1.93. The van der Waals surface area contributed by atoms with E-state index in [1.54, 1.807) is 18.2 Å². The maximum Gasteiger partial charge on any atom is 0.337 e. The van der Waals surface area contributed by atoms with E-state index in [9.17, 15) is 18.3 Å². The molecule has 1 fully saturated rings. The average molecular weight is 346 g/mol. The normalized spacial score (nSPS) is 16.0. The van der Waals surface area contributed by atoms with Crippen LogP contribution in [0.4, 0.5) is 0 Å². The van der Waals surface area contributed by atoms with Crippen molar-refractivity contribution in [1.82, 2.24) is 9.29 Å². The van der Waals surface area contributed by atoms with Gasteiger partial charge in [0.1, 0.15) is 0 Å². The van der Waals surface area contributed by atoms with Crippen LogP contribution in [-0.4, -0.2) is 41.9 Å². The monoisotopic (exact) mass is 346 g/mol. The molecule has 3 rings (SSSR count). The largest absolute Gasteiger partial charge is 0.478 e. The number of carboxylic acid groups (broad SMARTS) is 1. The standard InChI is InChI=1S/C17H18N2O4S/c20-17(21)15-5-4-10-18-16(15)13-6-8-14(9-7-13)24(22,23)19-11-2-1-3-12-19/h4-10H,1-3,11-12H2,(H,20,21). The number of benzene rings is 1. The molecule has 1 aliphatic heterocycles. The Hall–Kier alpha value is -2.25. The lowest BCUT2D eigenvalue weighted by Gasteiger charge is -2.25. The molecule has 2 aromatic rings. The second-order valence-electron chi connectivity index (χ2n) is 5.69. The minimum Gasteiger partial charge on any atom is -0.478 e. The Morgan fingerprint density at radius 1 is 1.04 bits per heavy atom. The lowest BCUT2D eigenvalue weighted by atomic mass is 10.1. The maximum absolute atomic E-state index is 12.6. The van der Waals surface area contributed by atoms with Gasteiger partial charge in [-0.3, -0.25) is 4.98 Å². The minimum absolute atomic E-state index is 0.0872. The van der Waals surface area contributed by atoms with E-state index in [4.69, 9.17) is 0 Å². The summed E-state index contributed by atoms with van der Waals surface area (Å²) in [5, 5.41) is 9.24. The first kappa shape index (κ1) is 16.6. The molecular formula is C17H18N2O4S. The fourth-order valence-corrected chi connectivity index (χ4v) is 4.36.